The zero-order chi connectivity index (χ0) is 26.5. The normalized spacial score (nSPS) is 19.2. The first-order valence-electron chi connectivity index (χ1n) is 12.2. The first-order chi connectivity index (χ1) is 17.7. The number of rotatable bonds is 7. The van der Waals surface area contributed by atoms with Crippen molar-refractivity contribution in [1.29, 1.82) is 10.7 Å². The number of pyridine rings is 1. The van der Waals surface area contributed by atoms with Gasteiger partial charge in [0.15, 0.2) is 23.1 Å². The number of ether oxygens (including phenoxy) is 2. The summed E-state index contributed by atoms with van der Waals surface area (Å²) in [6.45, 7) is 6.30. The molecule has 2 N–H and O–H groups in total. The molecule has 2 saturated carbocycles. The Balaban J connectivity index is 1.56. The van der Waals surface area contributed by atoms with Crippen LogP contribution in [0.25, 0.3) is 5.57 Å². The Bertz CT molecular complexity index is 1360. The van der Waals surface area contributed by atoms with Crippen LogP contribution in [-0.2, 0) is 12.0 Å². The lowest BCUT2D eigenvalue weighted by molar-refractivity contribution is 0.276. The van der Waals surface area contributed by atoms with Crippen molar-refractivity contribution in [1.82, 2.24) is 10.3 Å². The number of halogens is 2. The first-order valence-corrected chi connectivity index (χ1v) is 12.2. The molecule has 192 valence electrons. The lowest BCUT2D eigenvalue weighted by Crippen LogP contribution is -2.49. The molecular weight excluding hydrogens is 476 g/mol. The van der Waals surface area contributed by atoms with E-state index in [1.807, 2.05) is 13.0 Å². The van der Waals surface area contributed by atoms with Gasteiger partial charge in [0, 0.05) is 47.4 Å². The molecule has 0 amide bonds. The molecule has 5 rings (SSSR count). The average Bonchev–Trinajstić information content (AvgIpc) is 3.67. The highest BCUT2D eigenvalue weighted by Crippen LogP contribution is 2.59. The van der Waals surface area contributed by atoms with Gasteiger partial charge < -0.3 is 25.1 Å². The summed E-state index contributed by atoms with van der Waals surface area (Å²) in [4.78, 5) is 6.17. The largest absolute Gasteiger partial charge is 0.493 e. The fourth-order valence-electron chi connectivity index (χ4n) is 5.48. The Hall–Kier alpha value is -3.93. The second-order valence-electron chi connectivity index (χ2n) is 9.95. The molecule has 9 heteroatoms. The molecule has 1 aromatic heterocycles. The van der Waals surface area contributed by atoms with Crippen molar-refractivity contribution < 1.29 is 18.3 Å². The van der Waals surface area contributed by atoms with Crippen molar-refractivity contribution in [2.75, 3.05) is 19.1 Å². The van der Waals surface area contributed by atoms with E-state index >= 15 is 8.78 Å². The molecule has 0 radical (unpaired) electrons. The second-order valence-corrected chi connectivity index (χ2v) is 9.95. The highest BCUT2D eigenvalue weighted by molar-refractivity contribution is 6.08. The van der Waals surface area contributed by atoms with Gasteiger partial charge in [0.25, 0.3) is 0 Å². The number of hydrogen-bond acceptors (Lipinski definition) is 7. The van der Waals surface area contributed by atoms with E-state index in [-0.39, 0.29) is 23.7 Å². The van der Waals surface area contributed by atoms with E-state index in [9.17, 15) is 5.26 Å². The van der Waals surface area contributed by atoms with E-state index in [0.29, 0.717) is 17.0 Å². The number of fused-ring (bicyclic) bond motifs is 2. The maximum atomic E-state index is 15.4. The molecule has 0 saturated heterocycles. The number of hydrogen-bond donors (Lipinski definition) is 2. The zero-order valence-electron chi connectivity index (χ0n) is 21.2. The van der Waals surface area contributed by atoms with Crippen molar-refractivity contribution in [2.24, 2.45) is 0 Å². The minimum atomic E-state index is -0.816. The van der Waals surface area contributed by atoms with E-state index in [1.54, 1.807) is 11.1 Å². The van der Waals surface area contributed by atoms with E-state index in [0.717, 1.165) is 48.9 Å². The standard InChI is InChI=1S/C28H29F2N5O2/c1-16(34-27(15-32)6-5-7-27)19(12-31)21-10-20-18(13-33-21)14-35(17(2)28(20)8-9-28)26-24(29)22(36-3)11-23(37-4)25(26)30/h10-13,31,34H,2,5-9,14H2,1,3-4H3/b19-16+,31-12?. The topological polar surface area (TPSA) is 94.3 Å². The van der Waals surface area contributed by atoms with E-state index in [1.165, 1.54) is 26.5 Å². The van der Waals surface area contributed by atoms with Gasteiger partial charge in [-0.1, -0.05) is 6.58 Å². The fraction of sp³-hybridized carbons (Fsp3) is 0.393. The summed E-state index contributed by atoms with van der Waals surface area (Å²) < 4.78 is 41.0. The zero-order valence-corrected chi connectivity index (χ0v) is 21.2. The number of anilines is 1. The third kappa shape index (κ3) is 3.74. The molecule has 3 aliphatic rings. The van der Waals surface area contributed by atoms with Crippen molar-refractivity contribution in [2.45, 2.75) is 56.5 Å². The third-order valence-corrected chi connectivity index (χ3v) is 7.95. The van der Waals surface area contributed by atoms with Gasteiger partial charge in [-0.05, 0) is 56.2 Å². The predicted molar refractivity (Wildman–Crippen MR) is 137 cm³/mol. The van der Waals surface area contributed by atoms with Crippen LogP contribution in [0.5, 0.6) is 11.5 Å². The van der Waals surface area contributed by atoms with Gasteiger partial charge in [-0.25, -0.2) is 8.78 Å². The van der Waals surface area contributed by atoms with Crippen LogP contribution in [0.4, 0.5) is 14.5 Å². The van der Waals surface area contributed by atoms with Crippen LogP contribution in [0.15, 0.2) is 36.3 Å². The number of nitrogens with one attached hydrogen (secondary N) is 2. The van der Waals surface area contributed by atoms with Gasteiger partial charge in [0.1, 0.15) is 11.2 Å². The predicted octanol–water partition coefficient (Wildman–Crippen LogP) is 5.36. The van der Waals surface area contributed by atoms with Crippen LogP contribution in [0.1, 0.15) is 55.8 Å². The summed E-state index contributed by atoms with van der Waals surface area (Å²) in [6.07, 6.45) is 7.04. The van der Waals surface area contributed by atoms with E-state index in [2.05, 4.69) is 22.9 Å². The molecule has 37 heavy (non-hydrogen) atoms. The van der Waals surface area contributed by atoms with Crippen LogP contribution in [-0.4, -0.2) is 31.0 Å². The summed E-state index contributed by atoms with van der Waals surface area (Å²) >= 11 is 0. The molecule has 0 bridgehead atoms. The molecular formula is C28H29F2N5O2. The molecule has 2 aromatic rings. The SMILES string of the molecule is C=C1N(c2c(F)c(OC)cc(OC)c2F)Cc2cnc(/C(C=N)=C(\C)NC3(C#N)CCC3)cc2C12CC2. The average molecular weight is 506 g/mol. The van der Waals surface area contributed by atoms with Crippen LogP contribution < -0.4 is 19.7 Å². The Kier molecular flexibility index (Phi) is 5.94. The molecule has 2 heterocycles. The molecule has 1 aliphatic heterocycles. The number of aromatic nitrogens is 1. The highest BCUT2D eigenvalue weighted by atomic mass is 19.1. The van der Waals surface area contributed by atoms with E-state index < -0.39 is 22.6 Å². The van der Waals surface area contributed by atoms with Crippen LogP contribution in [0.2, 0.25) is 0 Å². The van der Waals surface area contributed by atoms with Crippen molar-refractivity contribution in [3.8, 4) is 17.6 Å². The maximum Gasteiger partial charge on any atom is 0.191 e. The van der Waals surface area contributed by atoms with Crippen LogP contribution in [0.3, 0.4) is 0 Å². The smallest absolute Gasteiger partial charge is 0.191 e. The molecule has 7 nitrogen and oxygen atoms in total. The number of nitrogens with zero attached hydrogens (tertiary/aromatic N) is 3. The van der Waals surface area contributed by atoms with Crippen molar-refractivity contribution in [3.05, 3.63) is 64.8 Å². The highest BCUT2D eigenvalue weighted by Gasteiger charge is 2.53. The number of benzene rings is 1. The summed E-state index contributed by atoms with van der Waals surface area (Å²) in [6, 6.07) is 5.51. The lowest BCUT2D eigenvalue weighted by atomic mass is 9.77. The van der Waals surface area contributed by atoms with Gasteiger partial charge >= 0.3 is 0 Å². The number of nitriles is 1. The second kappa shape index (κ2) is 8.87. The van der Waals surface area contributed by atoms with Gasteiger partial charge in [-0.3, -0.25) is 4.98 Å². The van der Waals surface area contributed by atoms with E-state index in [4.69, 9.17) is 14.9 Å². The molecule has 1 aromatic carbocycles. The summed E-state index contributed by atoms with van der Waals surface area (Å²) in [5, 5.41) is 21.0. The molecule has 2 fully saturated rings. The van der Waals surface area contributed by atoms with Crippen LogP contribution >= 0.6 is 0 Å². The molecule has 2 aliphatic carbocycles. The van der Waals surface area contributed by atoms with Gasteiger partial charge in [-0.2, -0.15) is 5.26 Å². The summed E-state index contributed by atoms with van der Waals surface area (Å²) in [7, 11) is 2.64. The van der Waals surface area contributed by atoms with Crippen molar-refractivity contribution >= 4 is 17.5 Å². The lowest BCUT2D eigenvalue weighted by Gasteiger charge is -2.39. The molecule has 0 atom stereocenters. The summed E-state index contributed by atoms with van der Waals surface area (Å²) in [5.41, 5.74) is 3.03. The minimum absolute atomic E-state index is 0.115. The van der Waals surface area contributed by atoms with Gasteiger partial charge in [0.05, 0.1) is 26.0 Å². The Morgan fingerprint density at radius 3 is 2.32 bits per heavy atom. The Labute approximate surface area is 214 Å². The summed E-state index contributed by atoms with van der Waals surface area (Å²) in [5.74, 6) is -1.86. The number of allylic oxidation sites excluding steroid dienone is 3. The minimum Gasteiger partial charge on any atom is -0.493 e. The van der Waals surface area contributed by atoms with Crippen LogP contribution in [0, 0.1) is 28.4 Å². The van der Waals surface area contributed by atoms with Gasteiger partial charge in [-0.15, -0.1) is 0 Å². The monoisotopic (exact) mass is 505 g/mol. The maximum absolute atomic E-state index is 15.4. The fourth-order valence-corrected chi connectivity index (χ4v) is 5.48. The third-order valence-electron chi connectivity index (χ3n) is 7.95. The van der Waals surface area contributed by atoms with Gasteiger partial charge in [0.2, 0.25) is 0 Å². The first kappa shape index (κ1) is 24.8. The molecule has 0 unspecified atom stereocenters. The Morgan fingerprint density at radius 1 is 1.19 bits per heavy atom. The molecule has 1 spiro atoms. The quantitative estimate of drug-likeness (QED) is 0.492. The Morgan fingerprint density at radius 2 is 1.84 bits per heavy atom. The van der Waals surface area contributed by atoms with Crippen molar-refractivity contribution in [3.63, 3.8) is 0 Å². The number of methoxy groups -OCH3 is 2.